The van der Waals surface area contributed by atoms with Crippen LogP contribution in [0.1, 0.15) is 43.4 Å². The van der Waals surface area contributed by atoms with E-state index < -0.39 is 12.0 Å². The van der Waals surface area contributed by atoms with Crippen LogP contribution in [0.4, 0.5) is 5.69 Å². The summed E-state index contributed by atoms with van der Waals surface area (Å²) in [6.07, 6.45) is 3.06. The number of anilines is 1. The summed E-state index contributed by atoms with van der Waals surface area (Å²) in [5.41, 5.74) is 3.15. The second kappa shape index (κ2) is 9.42. The molecule has 0 unspecified atom stereocenters. The number of nitrogens with zero attached hydrogens (tertiary/aromatic N) is 1. The average molecular weight is 436 g/mol. The lowest BCUT2D eigenvalue weighted by molar-refractivity contribution is -0.131. The molecule has 1 saturated heterocycles. The molecule has 1 aliphatic heterocycles. The standard InChI is InChI=1S/C25H29N3O4/c1-16(24(30)27-22-9-5-7-17-6-3-4-8-21(17)22)26-25(31)18-14-23(29)28(15-18)19-10-12-20(32-2)13-11-19/h3-4,6,8,10-13,16,18,22H,5,7,9,14-15H2,1-2H3,(H,26,31)(H,27,30)/t16-,18+,22-/m0/s1. The quantitative estimate of drug-likeness (QED) is 0.730. The Balaban J connectivity index is 1.33. The molecule has 0 aromatic heterocycles. The summed E-state index contributed by atoms with van der Waals surface area (Å²) in [4.78, 5) is 39.6. The Morgan fingerprint density at radius 3 is 2.62 bits per heavy atom. The first-order valence-electron chi connectivity index (χ1n) is 11.1. The SMILES string of the molecule is COc1ccc(N2C[C@H](C(=O)N[C@@H](C)C(=O)N[C@H]3CCCc4ccccc43)CC2=O)cc1. The van der Waals surface area contributed by atoms with Gasteiger partial charge in [-0.3, -0.25) is 14.4 Å². The van der Waals surface area contributed by atoms with Crippen molar-refractivity contribution in [3.05, 3.63) is 59.7 Å². The average Bonchev–Trinajstić information content (AvgIpc) is 3.21. The minimum Gasteiger partial charge on any atom is -0.497 e. The molecule has 7 nitrogen and oxygen atoms in total. The third kappa shape index (κ3) is 4.61. The lowest BCUT2D eigenvalue weighted by Gasteiger charge is -2.28. The molecule has 2 aromatic rings. The number of aryl methyl sites for hydroxylation is 1. The van der Waals surface area contributed by atoms with Crippen LogP contribution in [0.15, 0.2) is 48.5 Å². The van der Waals surface area contributed by atoms with Crippen molar-refractivity contribution >= 4 is 23.4 Å². The molecule has 0 saturated carbocycles. The van der Waals surface area contributed by atoms with Crippen LogP contribution in [-0.2, 0) is 20.8 Å². The number of methoxy groups -OCH3 is 1. The summed E-state index contributed by atoms with van der Waals surface area (Å²) in [7, 11) is 1.58. The van der Waals surface area contributed by atoms with E-state index in [1.807, 2.05) is 12.1 Å². The van der Waals surface area contributed by atoms with Crippen LogP contribution in [0.25, 0.3) is 0 Å². The highest BCUT2D eigenvalue weighted by Gasteiger charge is 2.36. The fourth-order valence-electron chi connectivity index (χ4n) is 4.49. The van der Waals surface area contributed by atoms with Gasteiger partial charge in [0, 0.05) is 18.7 Å². The van der Waals surface area contributed by atoms with Crippen molar-refractivity contribution in [3.63, 3.8) is 0 Å². The van der Waals surface area contributed by atoms with E-state index in [9.17, 15) is 14.4 Å². The Kier molecular flexibility index (Phi) is 6.44. The highest BCUT2D eigenvalue weighted by Crippen LogP contribution is 2.30. The Bertz CT molecular complexity index is 1000. The highest BCUT2D eigenvalue weighted by molar-refractivity contribution is 6.01. The second-order valence-corrected chi connectivity index (χ2v) is 8.49. The number of carbonyl (C=O) groups is 3. The fourth-order valence-corrected chi connectivity index (χ4v) is 4.49. The lowest BCUT2D eigenvalue weighted by atomic mass is 9.87. The predicted molar refractivity (Wildman–Crippen MR) is 121 cm³/mol. The number of carbonyl (C=O) groups excluding carboxylic acids is 3. The van der Waals surface area contributed by atoms with Crippen LogP contribution in [-0.4, -0.2) is 37.4 Å². The number of nitrogens with one attached hydrogen (secondary N) is 2. The number of hydrogen-bond acceptors (Lipinski definition) is 4. The van der Waals surface area contributed by atoms with Crippen molar-refractivity contribution in [2.75, 3.05) is 18.6 Å². The minimum absolute atomic E-state index is 0.0366. The van der Waals surface area contributed by atoms with Crippen molar-refractivity contribution in [1.29, 1.82) is 0 Å². The largest absolute Gasteiger partial charge is 0.497 e. The van der Waals surface area contributed by atoms with Gasteiger partial charge in [-0.05, 0) is 61.6 Å². The van der Waals surface area contributed by atoms with E-state index in [-0.39, 0.29) is 30.2 Å². The van der Waals surface area contributed by atoms with Crippen LogP contribution in [0.5, 0.6) is 5.75 Å². The normalized spacial score (nSPS) is 20.9. The lowest BCUT2D eigenvalue weighted by Crippen LogP contribution is -2.48. The molecule has 32 heavy (non-hydrogen) atoms. The summed E-state index contributed by atoms with van der Waals surface area (Å²) in [5.74, 6) is -0.381. The molecule has 1 fully saturated rings. The molecule has 2 aliphatic rings. The zero-order valence-corrected chi connectivity index (χ0v) is 18.5. The zero-order chi connectivity index (χ0) is 22.7. The predicted octanol–water partition coefficient (Wildman–Crippen LogP) is 2.75. The van der Waals surface area contributed by atoms with Crippen molar-refractivity contribution < 1.29 is 19.1 Å². The Morgan fingerprint density at radius 2 is 1.88 bits per heavy atom. The Labute approximate surface area is 188 Å². The van der Waals surface area contributed by atoms with Crippen molar-refractivity contribution in [2.45, 2.75) is 44.7 Å². The highest BCUT2D eigenvalue weighted by atomic mass is 16.5. The maximum absolute atomic E-state index is 12.8. The molecular formula is C25H29N3O4. The monoisotopic (exact) mass is 435 g/mol. The molecule has 1 aliphatic carbocycles. The number of fused-ring (bicyclic) bond motifs is 1. The third-order valence-electron chi connectivity index (χ3n) is 6.32. The first kappa shape index (κ1) is 21.9. The van der Waals surface area contributed by atoms with E-state index in [0.717, 1.165) is 30.5 Å². The smallest absolute Gasteiger partial charge is 0.242 e. The van der Waals surface area contributed by atoms with Crippen LogP contribution in [0, 0.1) is 5.92 Å². The summed E-state index contributed by atoms with van der Waals surface area (Å²) < 4.78 is 5.15. The van der Waals surface area contributed by atoms with E-state index in [0.29, 0.717) is 12.3 Å². The van der Waals surface area contributed by atoms with Crippen LogP contribution in [0.2, 0.25) is 0 Å². The summed E-state index contributed by atoms with van der Waals surface area (Å²) in [5, 5.41) is 5.88. The molecule has 0 spiro atoms. The number of amides is 3. The van der Waals surface area contributed by atoms with Gasteiger partial charge in [-0.1, -0.05) is 24.3 Å². The Hall–Kier alpha value is -3.35. The molecule has 0 radical (unpaired) electrons. The van der Waals surface area contributed by atoms with Gasteiger partial charge < -0.3 is 20.3 Å². The zero-order valence-electron chi connectivity index (χ0n) is 18.5. The summed E-state index contributed by atoms with van der Waals surface area (Å²) >= 11 is 0. The summed E-state index contributed by atoms with van der Waals surface area (Å²) in [6, 6.07) is 14.6. The number of hydrogen-bond donors (Lipinski definition) is 2. The molecule has 4 rings (SSSR count). The van der Waals surface area contributed by atoms with Crippen molar-refractivity contribution in [2.24, 2.45) is 5.92 Å². The van der Waals surface area contributed by atoms with Crippen molar-refractivity contribution in [1.82, 2.24) is 10.6 Å². The second-order valence-electron chi connectivity index (χ2n) is 8.49. The van der Waals surface area contributed by atoms with E-state index in [1.165, 1.54) is 5.56 Å². The van der Waals surface area contributed by atoms with Gasteiger partial charge in [0.15, 0.2) is 0 Å². The molecule has 2 aromatic carbocycles. The van der Waals surface area contributed by atoms with Gasteiger partial charge >= 0.3 is 0 Å². The third-order valence-corrected chi connectivity index (χ3v) is 6.32. The molecule has 7 heteroatoms. The minimum atomic E-state index is -0.679. The summed E-state index contributed by atoms with van der Waals surface area (Å²) in [6.45, 7) is 1.97. The van der Waals surface area contributed by atoms with Gasteiger partial charge in [0.05, 0.1) is 19.1 Å². The van der Waals surface area contributed by atoms with Gasteiger partial charge in [-0.25, -0.2) is 0 Å². The van der Waals surface area contributed by atoms with Gasteiger partial charge in [-0.2, -0.15) is 0 Å². The van der Waals surface area contributed by atoms with E-state index in [1.54, 1.807) is 43.2 Å². The van der Waals surface area contributed by atoms with E-state index in [2.05, 4.69) is 22.8 Å². The topological polar surface area (TPSA) is 87.7 Å². The van der Waals surface area contributed by atoms with Gasteiger partial charge in [-0.15, -0.1) is 0 Å². The van der Waals surface area contributed by atoms with Crippen LogP contribution >= 0.6 is 0 Å². The maximum Gasteiger partial charge on any atom is 0.242 e. The van der Waals surface area contributed by atoms with Crippen LogP contribution in [0.3, 0.4) is 0 Å². The van der Waals surface area contributed by atoms with Crippen molar-refractivity contribution in [3.8, 4) is 5.75 Å². The molecule has 2 N–H and O–H groups in total. The van der Waals surface area contributed by atoms with Gasteiger partial charge in [0.2, 0.25) is 17.7 Å². The molecule has 3 amide bonds. The van der Waals surface area contributed by atoms with E-state index in [4.69, 9.17) is 4.74 Å². The molecule has 168 valence electrons. The first-order chi connectivity index (χ1) is 15.5. The molecule has 0 bridgehead atoms. The Morgan fingerprint density at radius 1 is 1.12 bits per heavy atom. The molecule has 1 heterocycles. The fraction of sp³-hybridized carbons (Fsp3) is 0.400. The maximum atomic E-state index is 12.8. The number of rotatable bonds is 6. The first-order valence-corrected chi connectivity index (χ1v) is 11.1. The van der Waals surface area contributed by atoms with Gasteiger partial charge in [0.1, 0.15) is 11.8 Å². The molecular weight excluding hydrogens is 406 g/mol. The molecule has 3 atom stereocenters. The number of ether oxygens (including phenoxy) is 1. The van der Waals surface area contributed by atoms with E-state index >= 15 is 0 Å². The number of benzene rings is 2. The van der Waals surface area contributed by atoms with Crippen LogP contribution < -0.4 is 20.3 Å². The van der Waals surface area contributed by atoms with Gasteiger partial charge in [0.25, 0.3) is 0 Å².